The minimum atomic E-state index is -0.0321. The fraction of sp³-hybridized carbons (Fsp3) is 0.0833. The molecule has 6 heteroatoms. The highest BCUT2D eigenvalue weighted by Gasteiger charge is 2.35. The van der Waals surface area contributed by atoms with Gasteiger partial charge in [-0.15, -0.1) is 35.8 Å². The third-order valence-electron chi connectivity index (χ3n) is 5.31. The molecule has 0 saturated carbocycles. The van der Waals surface area contributed by atoms with Crippen molar-refractivity contribution < 1.29 is 9.59 Å². The largest absolute Gasteiger partial charge is 0.304 e. The summed E-state index contributed by atoms with van der Waals surface area (Å²) in [6.45, 7) is 8.47. The van der Waals surface area contributed by atoms with E-state index >= 15 is 0 Å². The number of fused-ring (bicyclic) bond motifs is 2. The van der Waals surface area contributed by atoms with Gasteiger partial charge in [-0.05, 0) is 35.0 Å². The summed E-state index contributed by atoms with van der Waals surface area (Å²) in [6, 6.07) is 11.8. The van der Waals surface area contributed by atoms with Gasteiger partial charge in [-0.2, -0.15) is 0 Å². The van der Waals surface area contributed by atoms with Gasteiger partial charge in [0.1, 0.15) is 0 Å². The van der Waals surface area contributed by atoms with Crippen LogP contribution in [0, 0.1) is 0 Å². The number of hydrogen-bond donors (Lipinski definition) is 0. The van der Waals surface area contributed by atoms with Crippen LogP contribution in [-0.4, -0.2) is 24.9 Å². The van der Waals surface area contributed by atoms with E-state index in [9.17, 15) is 9.59 Å². The van der Waals surface area contributed by atoms with Crippen molar-refractivity contribution in [3.05, 3.63) is 92.7 Å². The standard InChI is InChI=1S/C24H18N2O2S2/c1-3-9-25-17-13-16-18(14-15(17)21(23(25)27)19-7-5-11-29-19)26(10-4-2)24(28)22(16)20-8-6-12-30-20/h3-8,11-14H,1-2,9-10H2. The summed E-state index contributed by atoms with van der Waals surface area (Å²) in [4.78, 5) is 31.9. The molecule has 2 aliphatic heterocycles. The minimum absolute atomic E-state index is 0.0321. The third-order valence-corrected chi connectivity index (χ3v) is 7.09. The lowest BCUT2D eigenvalue weighted by atomic mass is 10.1. The molecule has 30 heavy (non-hydrogen) atoms. The molecule has 2 aromatic heterocycles. The molecule has 4 nitrogen and oxygen atoms in total. The number of benzene rings is 1. The Morgan fingerprint density at radius 2 is 1.20 bits per heavy atom. The summed E-state index contributed by atoms with van der Waals surface area (Å²) in [5.74, 6) is -0.0643. The van der Waals surface area contributed by atoms with E-state index in [2.05, 4.69) is 13.2 Å². The van der Waals surface area contributed by atoms with Crippen molar-refractivity contribution in [1.82, 2.24) is 0 Å². The minimum Gasteiger partial charge on any atom is -0.304 e. The zero-order valence-electron chi connectivity index (χ0n) is 16.1. The number of thiophene rings is 2. The fourth-order valence-electron chi connectivity index (χ4n) is 4.08. The topological polar surface area (TPSA) is 40.6 Å². The van der Waals surface area contributed by atoms with Crippen molar-refractivity contribution in [2.24, 2.45) is 0 Å². The maximum absolute atomic E-state index is 13.3. The Hall–Kier alpha value is -3.22. The number of rotatable bonds is 6. The Kier molecular flexibility index (Phi) is 4.53. The number of hydrogen-bond acceptors (Lipinski definition) is 4. The molecular formula is C24H18N2O2S2. The summed E-state index contributed by atoms with van der Waals surface area (Å²) < 4.78 is 0. The molecule has 0 atom stereocenters. The predicted molar refractivity (Wildman–Crippen MR) is 124 cm³/mol. The van der Waals surface area contributed by atoms with Gasteiger partial charge in [0.05, 0.1) is 22.5 Å². The first-order valence-corrected chi connectivity index (χ1v) is 11.3. The normalized spacial score (nSPS) is 15.1. The van der Waals surface area contributed by atoms with Crippen LogP contribution in [0.4, 0.5) is 11.4 Å². The van der Waals surface area contributed by atoms with E-state index in [4.69, 9.17) is 0 Å². The molecule has 0 aliphatic carbocycles. The summed E-state index contributed by atoms with van der Waals surface area (Å²) in [5, 5.41) is 5.65. The number of amides is 2. The highest BCUT2D eigenvalue weighted by molar-refractivity contribution is 7.11. The van der Waals surface area contributed by atoms with Crippen LogP contribution in [0.25, 0.3) is 11.1 Å². The monoisotopic (exact) mass is 430 g/mol. The molecule has 0 saturated heterocycles. The van der Waals surface area contributed by atoms with E-state index < -0.39 is 0 Å². The second-order valence-corrected chi connectivity index (χ2v) is 8.90. The molecule has 0 fully saturated rings. The molecule has 5 rings (SSSR count). The lowest BCUT2D eigenvalue weighted by Crippen LogP contribution is -2.30. The van der Waals surface area contributed by atoms with Crippen molar-refractivity contribution in [2.75, 3.05) is 22.9 Å². The smallest absolute Gasteiger partial charge is 0.260 e. The first-order chi connectivity index (χ1) is 14.7. The molecule has 2 aliphatic rings. The van der Waals surface area contributed by atoms with Crippen LogP contribution in [0.3, 0.4) is 0 Å². The highest BCUT2D eigenvalue weighted by atomic mass is 32.1. The van der Waals surface area contributed by atoms with Crippen molar-refractivity contribution in [1.29, 1.82) is 0 Å². The van der Waals surface area contributed by atoms with Gasteiger partial charge in [0.15, 0.2) is 0 Å². The molecule has 0 radical (unpaired) electrons. The van der Waals surface area contributed by atoms with Crippen molar-refractivity contribution in [2.45, 2.75) is 0 Å². The lowest BCUT2D eigenvalue weighted by Gasteiger charge is -2.18. The average molecular weight is 431 g/mol. The van der Waals surface area contributed by atoms with Gasteiger partial charge in [-0.3, -0.25) is 9.59 Å². The Morgan fingerprint density at radius 1 is 0.767 bits per heavy atom. The zero-order valence-corrected chi connectivity index (χ0v) is 17.8. The van der Waals surface area contributed by atoms with Gasteiger partial charge in [-0.25, -0.2) is 0 Å². The first-order valence-electron chi connectivity index (χ1n) is 9.51. The molecule has 1 aromatic carbocycles. The van der Waals surface area contributed by atoms with Gasteiger partial charge in [0, 0.05) is 33.3 Å². The second kappa shape index (κ2) is 7.23. The molecular weight excluding hydrogens is 412 g/mol. The first kappa shape index (κ1) is 18.8. The van der Waals surface area contributed by atoms with Gasteiger partial charge in [0.2, 0.25) is 0 Å². The molecule has 0 N–H and O–H groups in total. The Bertz CT molecular complexity index is 1210. The van der Waals surface area contributed by atoms with E-state index in [0.717, 1.165) is 31.6 Å². The molecule has 0 spiro atoms. The van der Waals surface area contributed by atoms with Crippen LogP contribution >= 0.6 is 22.7 Å². The zero-order chi connectivity index (χ0) is 20.8. The number of carbonyl (C=O) groups excluding carboxylic acids is 2. The Balaban J connectivity index is 1.87. The predicted octanol–water partition coefficient (Wildman–Crippen LogP) is 3.27. The van der Waals surface area contributed by atoms with Crippen molar-refractivity contribution in [3.63, 3.8) is 0 Å². The maximum atomic E-state index is 13.3. The SMILES string of the molecule is C=CCN1C(=O)C(c2cccs2)=c2cc3c(cc21)=C(c1cccs1)C(=O)N3CC=C. The fourth-order valence-corrected chi connectivity index (χ4v) is 5.63. The Labute approximate surface area is 182 Å². The summed E-state index contributed by atoms with van der Waals surface area (Å²) in [7, 11) is 0. The van der Waals surface area contributed by atoms with Gasteiger partial charge in [-0.1, -0.05) is 24.3 Å². The van der Waals surface area contributed by atoms with E-state index in [1.54, 1.807) is 44.6 Å². The molecule has 0 bridgehead atoms. The molecule has 2 amide bonds. The van der Waals surface area contributed by atoms with Crippen LogP contribution in [0.1, 0.15) is 9.75 Å². The second-order valence-electron chi connectivity index (χ2n) is 7.00. The number of nitrogens with zero attached hydrogens (tertiary/aromatic N) is 2. The molecule has 148 valence electrons. The van der Waals surface area contributed by atoms with Crippen molar-refractivity contribution >= 4 is 57.0 Å². The third kappa shape index (κ3) is 2.65. The lowest BCUT2D eigenvalue weighted by molar-refractivity contribution is -0.113. The van der Waals surface area contributed by atoms with Gasteiger partial charge in [0.25, 0.3) is 11.8 Å². The Morgan fingerprint density at radius 3 is 1.53 bits per heavy atom. The van der Waals surface area contributed by atoms with Crippen LogP contribution in [0.2, 0.25) is 0 Å². The van der Waals surface area contributed by atoms with E-state index in [1.165, 1.54) is 0 Å². The van der Waals surface area contributed by atoms with Crippen LogP contribution in [0.5, 0.6) is 0 Å². The van der Waals surface area contributed by atoms with Crippen molar-refractivity contribution in [3.8, 4) is 0 Å². The molecule has 0 unspecified atom stereocenters. The maximum Gasteiger partial charge on any atom is 0.260 e. The molecule has 4 heterocycles. The van der Waals surface area contributed by atoms with Gasteiger partial charge < -0.3 is 9.80 Å². The van der Waals surface area contributed by atoms with Crippen LogP contribution < -0.4 is 20.2 Å². The average Bonchev–Trinajstić information content (AvgIpc) is 3.51. The number of carbonyl (C=O) groups is 2. The molecule has 3 aromatic rings. The van der Waals surface area contributed by atoms with Gasteiger partial charge >= 0.3 is 0 Å². The van der Waals surface area contributed by atoms with Crippen LogP contribution in [-0.2, 0) is 9.59 Å². The summed E-state index contributed by atoms with van der Waals surface area (Å²) in [6.07, 6.45) is 3.46. The quantitative estimate of drug-likeness (QED) is 0.563. The highest BCUT2D eigenvalue weighted by Crippen LogP contribution is 2.32. The summed E-state index contributed by atoms with van der Waals surface area (Å²) >= 11 is 3.08. The summed E-state index contributed by atoms with van der Waals surface area (Å²) in [5.41, 5.74) is 3.01. The van der Waals surface area contributed by atoms with E-state index in [1.807, 2.05) is 47.2 Å². The van der Waals surface area contributed by atoms with E-state index in [0.29, 0.717) is 24.2 Å². The number of anilines is 2. The van der Waals surface area contributed by atoms with Crippen LogP contribution in [0.15, 0.2) is 72.5 Å². The van der Waals surface area contributed by atoms with E-state index in [-0.39, 0.29) is 11.8 Å².